The fourth-order valence-corrected chi connectivity index (χ4v) is 4.41. The van der Waals surface area contributed by atoms with Crippen LogP contribution in [0.3, 0.4) is 0 Å². The minimum absolute atomic E-state index is 0.245. The van der Waals surface area contributed by atoms with Crippen LogP contribution >= 0.6 is 0 Å². The van der Waals surface area contributed by atoms with Crippen molar-refractivity contribution in [3.63, 3.8) is 0 Å². The summed E-state index contributed by atoms with van der Waals surface area (Å²) in [5.74, 6) is -1.01. The molecule has 2 saturated heterocycles. The molecule has 7 nitrogen and oxygen atoms in total. The van der Waals surface area contributed by atoms with E-state index in [0.29, 0.717) is 26.0 Å². The number of hydrogen-bond acceptors (Lipinski definition) is 4. The van der Waals surface area contributed by atoms with Gasteiger partial charge in [-0.3, -0.25) is 4.79 Å². The van der Waals surface area contributed by atoms with E-state index in [1.807, 2.05) is 0 Å². The SMILES string of the molecule is CN(CC1CCCOC1)S(=O)(=O)N1CCC(C(=O)O)CC1. The predicted octanol–water partition coefficient (Wildman–Crippen LogP) is 0.386. The second-order valence-electron chi connectivity index (χ2n) is 5.88. The second-order valence-corrected chi connectivity index (χ2v) is 7.92. The lowest BCUT2D eigenvalue weighted by atomic mass is 9.99. The van der Waals surface area contributed by atoms with E-state index >= 15 is 0 Å². The molecule has 0 amide bonds. The maximum Gasteiger partial charge on any atom is 0.306 e. The number of carboxylic acid groups (broad SMARTS) is 1. The number of carbonyl (C=O) groups is 1. The van der Waals surface area contributed by atoms with E-state index in [4.69, 9.17) is 9.84 Å². The summed E-state index contributed by atoms with van der Waals surface area (Å²) in [6.45, 7) is 2.40. The summed E-state index contributed by atoms with van der Waals surface area (Å²) in [5.41, 5.74) is 0. The lowest BCUT2D eigenvalue weighted by Gasteiger charge is -2.34. The Morgan fingerprint density at radius 1 is 1.33 bits per heavy atom. The van der Waals surface area contributed by atoms with Gasteiger partial charge in [-0.25, -0.2) is 0 Å². The predicted molar refractivity (Wildman–Crippen MR) is 77.0 cm³/mol. The molecule has 0 aromatic carbocycles. The van der Waals surface area contributed by atoms with Crippen molar-refractivity contribution in [2.24, 2.45) is 11.8 Å². The van der Waals surface area contributed by atoms with Gasteiger partial charge in [-0.2, -0.15) is 17.0 Å². The maximum absolute atomic E-state index is 12.5. The Bertz CT molecular complexity index is 453. The van der Waals surface area contributed by atoms with Crippen molar-refractivity contribution in [3.05, 3.63) is 0 Å². The first-order valence-corrected chi connectivity index (χ1v) is 8.83. The molecule has 2 heterocycles. The van der Waals surface area contributed by atoms with E-state index in [9.17, 15) is 13.2 Å². The lowest BCUT2D eigenvalue weighted by molar-refractivity contribution is -0.142. The van der Waals surface area contributed by atoms with Gasteiger partial charge in [0.1, 0.15) is 0 Å². The van der Waals surface area contributed by atoms with Crippen molar-refractivity contribution in [3.8, 4) is 0 Å². The number of piperidine rings is 1. The zero-order valence-corrected chi connectivity index (χ0v) is 13.2. The summed E-state index contributed by atoms with van der Waals surface area (Å²) in [5, 5.41) is 8.96. The molecule has 21 heavy (non-hydrogen) atoms. The monoisotopic (exact) mass is 320 g/mol. The number of ether oxygens (including phenoxy) is 1. The molecule has 0 aromatic heterocycles. The molecule has 122 valence electrons. The van der Waals surface area contributed by atoms with Crippen LogP contribution in [0.4, 0.5) is 0 Å². The topological polar surface area (TPSA) is 87.2 Å². The van der Waals surface area contributed by atoms with Crippen LogP contribution < -0.4 is 0 Å². The van der Waals surface area contributed by atoms with Crippen molar-refractivity contribution >= 4 is 16.2 Å². The molecule has 1 N–H and O–H groups in total. The zero-order valence-electron chi connectivity index (χ0n) is 12.4. The minimum Gasteiger partial charge on any atom is -0.481 e. The highest BCUT2D eigenvalue weighted by Crippen LogP contribution is 2.22. The van der Waals surface area contributed by atoms with Crippen LogP contribution in [0.5, 0.6) is 0 Å². The van der Waals surface area contributed by atoms with Crippen LogP contribution in [0.2, 0.25) is 0 Å². The summed E-state index contributed by atoms with van der Waals surface area (Å²) in [6.07, 6.45) is 2.73. The molecule has 2 fully saturated rings. The molecule has 1 atom stereocenters. The fourth-order valence-electron chi connectivity index (χ4n) is 2.94. The molecule has 0 bridgehead atoms. The number of hydrogen-bond donors (Lipinski definition) is 1. The second kappa shape index (κ2) is 7.04. The summed E-state index contributed by atoms with van der Waals surface area (Å²) in [6, 6.07) is 0. The number of carboxylic acids is 1. The van der Waals surface area contributed by atoms with Crippen LogP contribution in [0.1, 0.15) is 25.7 Å². The maximum atomic E-state index is 12.5. The summed E-state index contributed by atoms with van der Waals surface area (Å²) in [4.78, 5) is 10.9. The van der Waals surface area contributed by atoms with E-state index in [1.165, 1.54) is 8.61 Å². The highest BCUT2D eigenvalue weighted by Gasteiger charge is 2.34. The van der Waals surface area contributed by atoms with Gasteiger partial charge >= 0.3 is 5.97 Å². The van der Waals surface area contributed by atoms with Crippen LogP contribution in [0, 0.1) is 11.8 Å². The fraction of sp³-hybridized carbons (Fsp3) is 0.923. The van der Waals surface area contributed by atoms with Crippen LogP contribution in [0.15, 0.2) is 0 Å². The molecule has 2 aliphatic rings. The molecule has 0 aliphatic carbocycles. The first-order chi connectivity index (χ1) is 9.91. The summed E-state index contributed by atoms with van der Waals surface area (Å²) >= 11 is 0. The third kappa shape index (κ3) is 4.15. The van der Waals surface area contributed by atoms with E-state index in [2.05, 4.69) is 0 Å². The van der Waals surface area contributed by atoms with Crippen LogP contribution in [-0.4, -0.2) is 68.0 Å². The van der Waals surface area contributed by atoms with Gasteiger partial charge in [-0.1, -0.05) is 0 Å². The highest BCUT2D eigenvalue weighted by atomic mass is 32.2. The van der Waals surface area contributed by atoms with E-state index in [0.717, 1.165) is 19.4 Å². The van der Waals surface area contributed by atoms with E-state index in [-0.39, 0.29) is 19.0 Å². The van der Waals surface area contributed by atoms with Crippen LogP contribution in [0.25, 0.3) is 0 Å². The smallest absolute Gasteiger partial charge is 0.306 e. The van der Waals surface area contributed by atoms with Gasteiger partial charge in [0.05, 0.1) is 12.5 Å². The molecule has 0 saturated carbocycles. The molecule has 2 aliphatic heterocycles. The molecule has 0 radical (unpaired) electrons. The molecule has 0 spiro atoms. The Balaban J connectivity index is 1.90. The Hall–Kier alpha value is -0.700. The van der Waals surface area contributed by atoms with Crippen molar-refractivity contribution in [2.45, 2.75) is 25.7 Å². The quantitative estimate of drug-likeness (QED) is 0.791. The normalized spacial score (nSPS) is 26.1. The van der Waals surface area contributed by atoms with Gasteiger partial charge < -0.3 is 9.84 Å². The van der Waals surface area contributed by atoms with Crippen molar-refractivity contribution in [1.29, 1.82) is 0 Å². The van der Waals surface area contributed by atoms with Gasteiger partial charge in [-0.15, -0.1) is 0 Å². The first kappa shape index (κ1) is 16.7. The van der Waals surface area contributed by atoms with Crippen molar-refractivity contribution < 1.29 is 23.1 Å². The molecule has 2 rings (SSSR count). The molecule has 0 aromatic rings. The standard InChI is InChI=1S/C13H24N2O5S/c1-14(9-11-3-2-8-20-10-11)21(18,19)15-6-4-12(5-7-15)13(16)17/h11-12H,2-10H2,1H3,(H,16,17). The summed E-state index contributed by atoms with van der Waals surface area (Å²) in [7, 11) is -1.90. The Kier molecular flexibility index (Phi) is 5.59. The van der Waals surface area contributed by atoms with Crippen molar-refractivity contribution in [1.82, 2.24) is 8.61 Å². The van der Waals surface area contributed by atoms with Crippen molar-refractivity contribution in [2.75, 3.05) is 39.9 Å². The Morgan fingerprint density at radius 3 is 2.52 bits per heavy atom. The minimum atomic E-state index is -3.49. The molecular formula is C13H24N2O5S. The van der Waals surface area contributed by atoms with Gasteiger partial charge in [0.2, 0.25) is 0 Å². The molecule has 1 unspecified atom stereocenters. The third-order valence-electron chi connectivity index (χ3n) is 4.29. The van der Waals surface area contributed by atoms with Crippen LogP contribution in [-0.2, 0) is 19.7 Å². The third-order valence-corrected chi connectivity index (χ3v) is 6.25. The highest BCUT2D eigenvalue weighted by molar-refractivity contribution is 7.86. The molecular weight excluding hydrogens is 296 g/mol. The number of rotatable bonds is 5. The number of nitrogens with zero attached hydrogens (tertiary/aromatic N) is 2. The largest absolute Gasteiger partial charge is 0.481 e. The van der Waals surface area contributed by atoms with Gasteiger partial charge in [0.15, 0.2) is 0 Å². The van der Waals surface area contributed by atoms with Gasteiger partial charge in [0, 0.05) is 33.3 Å². The average Bonchev–Trinajstić information content (AvgIpc) is 2.48. The number of aliphatic carboxylic acids is 1. The Labute approximate surface area is 126 Å². The van der Waals surface area contributed by atoms with Gasteiger partial charge in [-0.05, 0) is 31.6 Å². The lowest BCUT2D eigenvalue weighted by Crippen LogP contribution is -2.48. The summed E-state index contributed by atoms with van der Waals surface area (Å²) < 4.78 is 33.2. The first-order valence-electron chi connectivity index (χ1n) is 7.43. The zero-order chi connectivity index (χ0) is 15.5. The molecule has 8 heteroatoms. The van der Waals surface area contributed by atoms with Gasteiger partial charge in [0.25, 0.3) is 10.2 Å². The average molecular weight is 320 g/mol. The van der Waals surface area contributed by atoms with E-state index < -0.39 is 22.1 Å². The van der Waals surface area contributed by atoms with E-state index in [1.54, 1.807) is 7.05 Å². The Morgan fingerprint density at radius 2 is 2.00 bits per heavy atom.